The Morgan fingerprint density at radius 2 is 1.97 bits per heavy atom. The van der Waals surface area contributed by atoms with Crippen molar-refractivity contribution < 1.29 is 9.53 Å². The van der Waals surface area contributed by atoms with Crippen LogP contribution in [0.25, 0.3) is 11.1 Å². The third kappa shape index (κ3) is 4.49. The van der Waals surface area contributed by atoms with Gasteiger partial charge in [0.15, 0.2) is 10.9 Å². The summed E-state index contributed by atoms with van der Waals surface area (Å²) in [5.41, 5.74) is 7.48. The van der Waals surface area contributed by atoms with Gasteiger partial charge >= 0.3 is 0 Å². The van der Waals surface area contributed by atoms with Gasteiger partial charge in [0.05, 0.1) is 29.8 Å². The molecule has 0 amide bonds. The number of hydrogen-bond acceptors (Lipinski definition) is 5. The summed E-state index contributed by atoms with van der Waals surface area (Å²) in [5, 5.41) is 0.977. The van der Waals surface area contributed by atoms with Gasteiger partial charge in [0, 0.05) is 13.0 Å². The van der Waals surface area contributed by atoms with Crippen LogP contribution in [0.5, 0.6) is 0 Å². The lowest BCUT2D eigenvalue weighted by Gasteiger charge is -2.35. The van der Waals surface area contributed by atoms with Crippen LogP contribution < -0.4 is 4.90 Å². The molecule has 2 aliphatic rings. The fourth-order valence-corrected chi connectivity index (χ4v) is 6.23. The summed E-state index contributed by atoms with van der Waals surface area (Å²) in [6.45, 7) is 10.9. The van der Waals surface area contributed by atoms with Crippen LogP contribution in [-0.2, 0) is 17.6 Å². The standard InChI is InChI=1S/C28H32N2O2S/c1-18-7-5-10-23(19(18)2)21-9-6-8-20(13-21)14-22-17-32-12-11-30(22)27-29-24-15-28(3,4)16-25(31)26(24)33-27/h5-10,13,22H,11-12,14-17H2,1-4H3/t22-/m0/s1. The molecule has 172 valence electrons. The van der Waals surface area contributed by atoms with Crippen LogP contribution in [-0.4, -0.2) is 36.6 Å². The molecule has 5 rings (SSSR count). The topological polar surface area (TPSA) is 42.4 Å². The molecule has 2 heterocycles. The van der Waals surface area contributed by atoms with Crippen LogP contribution >= 0.6 is 11.3 Å². The van der Waals surface area contributed by atoms with E-state index < -0.39 is 0 Å². The SMILES string of the molecule is Cc1cccc(-c2cccc(C[C@H]3COCCN3c3nc4c(s3)C(=O)CC(C)(C)C4)c2)c1C. The van der Waals surface area contributed by atoms with E-state index in [4.69, 9.17) is 9.72 Å². The predicted octanol–water partition coefficient (Wildman–Crippen LogP) is 6.03. The molecule has 1 aliphatic carbocycles. The maximum atomic E-state index is 12.7. The largest absolute Gasteiger partial charge is 0.377 e. The molecule has 0 spiro atoms. The number of nitrogens with zero attached hydrogens (tertiary/aromatic N) is 2. The van der Waals surface area contributed by atoms with Crippen LogP contribution in [0, 0.1) is 19.3 Å². The molecule has 5 heteroatoms. The summed E-state index contributed by atoms with van der Waals surface area (Å²) in [5.74, 6) is 0.246. The van der Waals surface area contributed by atoms with Crippen molar-refractivity contribution in [2.24, 2.45) is 5.41 Å². The van der Waals surface area contributed by atoms with Gasteiger partial charge in [0.2, 0.25) is 0 Å². The molecule has 1 aliphatic heterocycles. The molecular weight excluding hydrogens is 428 g/mol. The summed E-state index contributed by atoms with van der Waals surface area (Å²) >= 11 is 1.58. The number of rotatable bonds is 4. The van der Waals surface area contributed by atoms with E-state index in [0.717, 1.165) is 35.1 Å². The first kappa shape index (κ1) is 22.3. The van der Waals surface area contributed by atoms with Gasteiger partial charge in [-0.05, 0) is 59.9 Å². The van der Waals surface area contributed by atoms with E-state index in [-0.39, 0.29) is 17.2 Å². The lowest BCUT2D eigenvalue weighted by Crippen LogP contribution is -2.46. The molecule has 2 aromatic carbocycles. The normalized spacial score (nSPS) is 20.1. The van der Waals surface area contributed by atoms with Crippen molar-refractivity contribution in [3.63, 3.8) is 0 Å². The van der Waals surface area contributed by atoms with Gasteiger partial charge in [-0.2, -0.15) is 0 Å². The minimum atomic E-state index is -0.00575. The molecule has 33 heavy (non-hydrogen) atoms. The summed E-state index contributed by atoms with van der Waals surface area (Å²) in [6, 6.07) is 15.6. The van der Waals surface area contributed by atoms with E-state index in [1.54, 1.807) is 11.3 Å². The molecule has 4 nitrogen and oxygen atoms in total. The predicted molar refractivity (Wildman–Crippen MR) is 136 cm³/mol. The molecule has 0 radical (unpaired) electrons. The molecule has 1 fully saturated rings. The highest BCUT2D eigenvalue weighted by Crippen LogP contribution is 2.40. The number of fused-ring (bicyclic) bond motifs is 1. The number of benzene rings is 2. The second-order valence-corrected chi connectivity index (χ2v) is 11.3. The molecule has 0 N–H and O–H groups in total. The number of anilines is 1. The molecule has 1 aromatic heterocycles. The molecule has 1 atom stereocenters. The van der Waals surface area contributed by atoms with E-state index >= 15 is 0 Å². The number of aromatic nitrogens is 1. The fourth-order valence-electron chi connectivity index (χ4n) is 5.11. The Labute approximate surface area is 200 Å². The summed E-state index contributed by atoms with van der Waals surface area (Å²) in [4.78, 5) is 20.9. The number of thiazole rings is 1. The van der Waals surface area contributed by atoms with Crippen molar-refractivity contribution in [3.05, 3.63) is 69.7 Å². The Balaban J connectivity index is 1.41. The minimum Gasteiger partial charge on any atom is -0.377 e. The van der Waals surface area contributed by atoms with Crippen LogP contribution in [0.15, 0.2) is 42.5 Å². The van der Waals surface area contributed by atoms with Gasteiger partial charge in [0.25, 0.3) is 0 Å². The average Bonchev–Trinajstić information content (AvgIpc) is 3.19. The zero-order chi connectivity index (χ0) is 23.2. The van der Waals surface area contributed by atoms with Crippen LogP contribution in [0.3, 0.4) is 0 Å². The highest BCUT2D eigenvalue weighted by Gasteiger charge is 2.36. The zero-order valence-electron chi connectivity index (χ0n) is 20.0. The first-order chi connectivity index (χ1) is 15.8. The third-order valence-electron chi connectivity index (χ3n) is 7.01. The minimum absolute atomic E-state index is 0.00575. The monoisotopic (exact) mass is 460 g/mol. The van der Waals surface area contributed by atoms with Crippen molar-refractivity contribution in [1.82, 2.24) is 4.98 Å². The van der Waals surface area contributed by atoms with Gasteiger partial charge in [-0.3, -0.25) is 4.79 Å². The van der Waals surface area contributed by atoms with Crippen LogP contribution in [0.2, 0.25) is 0 Å². The second-order valence-electron chi connectivity index (χ2n) is 10.3. The maximum absolute atomic E-state index is 12.7. The number of morpholine rings is 1. The van der Waals surface area contributed by atoms with Crippen molar-refractivity contribution >= 4 is 22.3 Å². The lowest BCUT2D eigenvalue weighted by molar-refractivity contribution is 0.0915. The number of ketones is 1. The smallest absolute Gasteiger partial charge is 0.186 e. The lowest BCUT2D eigenvalue weighted by atomic mass is 9.78. The van der Waals surface area contributed by atoms with Gasteiger partial charge in [0.1, 0.15) is 0 Å². The van der Waals surface area contributed by atoms with Crippen molar-refractivity contribution in [1.29, 1.82) is 0 Å². The number of ether oxygens (including phenoxy) is 1. The van der Waals surface area contributed by atoms with Crippen LogP contribution in [0.4, 0.5) is 5.13 Å². The summed E-state index contributed by atoms with van der Waals surface area (Å²) < 4.78 is 5.88. The van der Waals surface area contributed by atoms with E-state index in [9.17, 15) is 4.79 Å². The fraction of sp³-hybridized carbons (Fsp3) is 0.429. The Morgan fingerprint density at radius 1 is 1.15 bits per heavy atom. The van der Waals surface area contributed by atoms with E-state index in [0.29, 0.717) is 19.6 Å². The average molecular weight is 461 g/mol. The zero-order valence-corrected chi connectivity index (χ0v) is 20.8. The first-order valence-corrected chi connectivity index (χ1v) is 12.7. The number of carbonyl (C=O) groups excluding carboxylic acids is 1. The highest BCUT2D eigenvalue weighted by molar-refractivity contribution is 7.17. The van der Waals surface area contributed by atoms with Crippen molar-refractivity contribution in [3.8, 4) is 11.1 Å². The molecule has 0 saturated carbocycles. The number of hydrogen-bond donors (Lipinski definition) is 0. The Kier molecular flexibility index (Phi) is 5.87. The maximum Gasteiger partial charge on any atom is 0.186 e. The third-order valence-corrected chi connectivity index (χ3v) is 8.19. The first-order valence-electron chi connectivity index (χ1n) is 11.8. The Hall–Kier alpha value is -2.50. The molecule has 0 bridgehead atoms. The van der Waals surface area contributed by atoms with E-state index in [2.05, 4.69) is 75.1 Å². The van der Waals surface area contributed by atoms with Crippen molar-refractivity contribution in [2.75, 3.05) is 24.7 Å². The number of Topliss-reactive ketones (excluding diaryl/α,β-unsaturated/α-hetero) is 1. The molecule has 1 saturated heterocycles. The quantitative estimate of drug-likeness (QED) is 0.477. The highest BCUT2D eigenvalue weighted by atomic mass is 32.1. The molecule has 0 unspecified atom stereocenters. The molecular formula is C28H32N2O2S. The van der Waals surface area contributed by atoms with Crippen molar-refractivity contribution in [2.45, 2.75) is 53.0 Å². The molecule has 3 aromatic rings. The second kappa shape index (κ2) is 8.69. The van der Waals surface area contributed by atoms with Crippen LogP contribution in [0.1, 0.15) is 52.3 Å². The Morgan fingerprint density at radius 3 is 2.82 bits per heavy atom. The van der Waals surface area contributed by atoms with E-state index in [1.807, 2.05) is 0 Å². The van der Waals surface area contributed by atoms with Gasteiger partial charge < -0.3 is 9.64 Å². The summed E-state index contributed by atoms with van der Waals surface area (Å²) in [6.07, 6.45) is 2.37. The van der Waals surface area contributed by atoms with Gasteiger partial charge in [-0.15, -0.1) is 0 Å². The van der Waals surface area contributed by atoms with Gasteiger partial charge in [-0.1, -0.05) is 67.6 Å². The number of aryl methyl sites for hydroxylation is 1. The number of carbonyl (C=O) groups is 1. The Bertz CT molecular complexity index is 1200. The summed E-state index contributed by atoms with van der Waals surface area (Å²) in [7, 11) is 0. The van der Waals surface area contributed by atoms with Gasteiger partial charge in [-0.25, -0.2) is 4.98 Å². The van der Waals surface area contributed by atoms with E-state index in [1.165, 1.54) is 27.8 Å².